The number of nitrogens with one attached hydrogen (secondary N) is 3. The molecule has 11 nitrogen and oxygen atoms in total. The summed E-state index contributed by atoms with van der Waals surface area (Å²) < 4.78 is 13.5. The van der Waals surface area contributed by atoms with Gasteiger partial charge in [-0.3, -0.25) is 9.59 Å². The van der Waals surface area contributed by atoms with Crippen LogP contribution >= 0.6 is 0 Å². The van der Waals surface area contributed by atoms with Gasteiger partial charge in [0.15, 0.2) is 0 Å². The maximum Gasteiger partial charge on any atom is 0.326 e. The standard InChI is InChI=1S/C19H24FN3O8/c20-12-6-2-1-5-11(12)16(26)21-10-4-3-7-13(17(27)28)22-19(31)23-14(18(29)30)8-9-15(24)25/h1-2,5-6,13-14H,3-4,7-10H2,(H,21,26)(H,24,25)(H,27,28)(H,29,30)(H2,22,23,31)/t13-,14-/m0/s1. The van der Waals surface area contributed by atoms with E-state index in [4.69, 9.17) is 10.2 Å². The first-order valence-corrected chi connectivity index (χ1v) is 9.39. The Labute approximate surface area is 176 Å². The summed E-state index contributed by atoms with van der Waals surface area (Å²) in [6.45, 7) is 0.155. The molecule has 6 N–H and O–H groups in total. The normalized spacial score (nSPS) is 12.3. The molecule has 31 heavy (non-hydrogen) atoms. The van der Waals surface area contributed by atoms with Crippen LogP contribution < -0.4 is 16.0 Å². The first-order valence-electron chi connectivity index (χ1n) is 9.39. The Kier molecular flexibility index (Phi) is 10.4. The molecule has 1 aromatic rings. The molecule has 0 aromatic heterocycles. The summed E-state index contributed by atoms with van der Waals surface area (Å²) >= 11 is 0. The topological polar surface area (TPSA) is 182 Å². The number of carbonyl (C=O) groups is 5. The highest BCUT2D eigenvalue weighted by atomic mass is 19.1. The molecule has 0 saturated carbocycles. The number of carboxylic acid groups (broad SMARTS) is 3. The minimum atomic E-state index is -1.49. The summed E-state index contributed by atoms with van der Waals surface area (Å²) in [5, 5.41) is 33.5. The molecule has 0 aliphatic rings. The average molecular weight is 441 g/mol. The quantitative estimate of drug-likeness (QED) is 0.243. The predicted octanol–water partition coefficient (Wildman–Crippen LogP) is 0.796. The van der Waals surface area contributed by atoms with Crippen molar-refractivity contribution in [3.05, 3.63) is 35.6 Å². The molecule has 0 fully saturated rings. The zero-order chi connectivity index (χ0) is 23.4. The summed E-state index contributed by atoms with van der Waals surface area (Å²) in [6.07, 6.45) is -0.221. The van der Waals surface area contributed by atoms with Crippen molar-refractivity contribution in [3.8, 4) is 0 Å². The smallest absolute Gasteiger partial charge is 0.326 e. The van der Waals surface area contributed by atoms with Crippen LogP contribution in [-0.2, 0) is 14.4 Å². The second kappa shape index (κ2) is 12.8. The number of unbranched alkanes of at least 4 members (excludes halogenated alkanes) is 1. The molecule has 170 valence electrons. The zero-order valence-electron chi connectivity index (χ0n) is 16.5. The van der Waals surface area contributed by atoms with Gasteiger partial charge in [0.25, 0.3) is 5.91 Å². The van der Waals surface area contributed by atoms with E-state index in [9.17, 15) is 33.5 Å². The van der Waals surface area contributed by atoms with Gasteiger partial charge in [0.2, 0.25) is 0 Å². The van der Waals surface area contributed by atoms with E-state index in [1.54, 1.807) is 0 Å². The molecule has 0 aliphatic carbocycles. The summed E-state index contributed by atoms with van der Waals surface area (Å²) in [6, 6.07) is 1.58. The van der Waals surface area contributed by atoms with Crippen LogP contribution in [0.2, 0.25) is 0 Å². The number of rotatable bonds is 13. The van der Waals surface area contributed by atoms with Crippen LogP contribution in [0.5, 0.6) is 0 Å². The van der Waals surface area contributed by atoms with Crippen LogP contribution in [0.25, 0.3) is 0 Å². The van der Waals surface area contributed by atoms with E-state index in [0.29, 0.717) is 6.42 Å². The SMILES string of the molecule is O=C(O)CC[C@H](NC(=O)N[C@@H](CCCCNC(=O)c1ccccc1F)C(=O)O)C(=O)O. The average Bonchev–Trinajstić information content (AvgIpc) is 2.69. The van der Waals surface area contributed by atoms with E-state index in [-0.39, 0.29) is 31.4 Å². The molecule has 2 atom stereocenters. The second-order valence-corrected chi connectivity index (χ2v) is 6.56. The third-order valence-electron chi connectivity index (χ3n) is 4.18. The van der Waals surface area contributed by atoms with Crippen LogP contribution in [0.4, 0.5) is 9.18 Å². The number of carboxylic acids is 3. The Bertz CT molecular complexity index is 817. The van der Waals surface area contributed by atoms with E-state index in [1.807, 2.05) is 5.32 Å². The first-order chi connectivity index (χ1) is 14.6. The first kappa shape index (κ1) is 25.3. The molecule has 0 heterocycles. The number of carbonyl (C=O) groups excluding carboxylic acids is 2. The fourth-order valence-electron chi connectivity index (χ4n) is 2.56. The van der Waals surface area contributed by atoms with E-state index in [2.05, 4.69) is 10.6 Å². The Morgan fingerprint density at radius 3 is 2.00 bits per heavy atom. The highest BCUT2D eigenvalue weighted by molar-refractivity contribution is 5.94. The number of hydrogen-bond acceptors (Lipinski definition) is 5. The van der Waals surface area contributed by atoms with Crippen molar-refractivity contribution in [1.29, 1.82) is 0 Å². The van der Waals surface area contributed by atoms with Gasteiger partial charge in [0.05, 0.1) is 5.56 Å². The van der Waals surface area contributed by atoms with Crippen molar-refractivity contribution >= 4 is 29.8 Å². The Hall–Kier alpha value is -3.70. The molecule has 12 heteroatoms. The Balaban J connectivity index is 2.43. The molecule has 0 bridgehead atoms. The predicted molar refractivity (Wildman–Crippen MR) is 104 cm³/mol. The minimum Gasteiger partial charge on any atom is -0.481 e. The Morgan fingerprint density at radius 2 is 1.45 bits per heavy atom. The number of benzene rings is 1. The monoisotopic (exact) mass is 441 g/mol. The lowest BCUT2D eigenvalue weighted by atomic mass is 10.1. The van der Waals surface area contributed by atoms with Crippen LogP contribution in [-0.4, -0.2) is 63.8 Å². The largest absolute Gasteiger partial charge is 0.481 e. The van der Waals surface area contributed by atoms with Gasteiger partial charge in [-0.15, -0.1) is 0 Å². The summed E-state index contributed by atoms with van der Waals surface area (Å²) in [4.78, 5) is 56.7. The van der Waals surface area contributed by atoms with Crippen molar-refractivity contribution in [2.75, 3.05) is 6.54 Å². The number of urea groups is 1. The highest BCUT2D eigenvalue weighted by Gasteiger charge is 2.24. The van der Waals surface area contributed by atoms with Crippen molar-refractivity contribution in [1.82, 2.24) is 16.0 Å². The zero-order valence-corrected chi connectivity index (χ0v) is 16.5. The number of hydrogen-bond donors (Lipinski definition) is 6. The lowest BCUT2D eigenvalue weighted by Gasteiger charge is -2.18. The molecule has 3 amide bonds. The van der Waals surface area contributed by atoms with Crippen molar-refractivity contribution in [2.24, 2.45) is 0 Å². The van der Waals surface area contributed by atoms with Gasteiger partial charge in [-0.1, -0.05) is 12.1 Å². The summed E-state index contributed by atoms with van der Waals surface area (Å²) in [7, 11) is 0. The van der Waals surface area contributed by atoms with E-state index < -0.39 is 54.2 Å². The van der Waals surface area contributed by atoms with Crippen molar-refractivity contribution < 1.29 is 43.7 Å². The van der Waals surface area contributed by atoms with Crippen molar-refractivity contribution in [2.45, 2.75) is 44.2 Å². The molecule has 0 saturated heterocycles. The fourth-order valence-corrected chi connectivity index (χ4v) is 2.56. The second-order valence-electron chi connectivity index (χ2n) is 6.56. The van der Waals surface area contributed by atoms with Gasteiger partial charge >= 0.3 is 23.9 Å². The van der Waals surface area contributed by atoms with Gasteiger partial charge in [-0.05, 0) is 37.8 Å². The van der Waals surface area contributed by atoms with E-state index in [0.717, 1.165) is 6.07 Å². The molecule has 0 unspecified atom stereocenters. The number of amides is 3. The van der Waals surface area contributed by atoms with Crippen LogP contribution in [0.1, 0.15) is 42.5 Å². The van der Waals surface area contributed by atoms with Crippen molar-refractivity contribution in [3.63, 3.8) is 0 Å². The minimum absolute atomic E-state index is 0.00874. The van der Waals surface area contributed by atoms with E-state index >= 15 is 0 Å². The van der Waals surface area contributed by atoms with Gasteiger partial charge < -0.3 is 31.3 Å². The summed E-state index contributed by atoms with van der Waals surface area (Å²) in [5.41, 5.74) is -0.111. The maximum absolute atomic E-state index is 13.5. The van der Waals surface area contributed by atoms with Crippen LogP contribution in [0.3, 0.4) is 0 Å². The van der Waals surface area contributed by atoms with Gasteiger partial charge in [-0.2, -0.15) is 0 Å². The van der Waals surface area contributed by atoms with Crippen LogP contribution in [0.15, 0.2) is 24.3 Å². The van der Waals surface area contributed by atoms with Gasteiger partial charge in [0.1, 0.15) is 17.9 Å². The molecule has 0 spiro atoms. The number of aliphatic carboxylic acids is 3. The molecular formula is C19H24FN3O8. The summed E-state index contributed by atoms with van der Waals surface area (Å²) in [5.74, 6) is -5.30. The molecular weight excluding hydrogens is 417 g/mol. The molecule has 1 aromatic carbocycles. The van der Waals surface area contributed by atoms with E-state index in [1.165, 1.54) is 18.2 Å². The van der Waals surface area contributed by atoms with Gasteiger partial charge in [-0.25, -0.2) is 18.8 Å². The lowest BCUT2D eigenvalue weighted by molar-refractivity contribution is -0.140. The fraction of sp³-hybridized carbons (Fsp3) is 0.421. The maximum atomic E-state index is 13.5. The third-order valence-corrected chi connectivity index (χ3v) is 4.18. The lowest BCUT2D eigenvalue weighted by Crippen LogP contribution is -2.51. The third kappa shape index (κ3) is 9.56. The molecule has 0 radical (unpaired) electrons. The van der Waals surface area contributed by atoms with Gasteiger partial charge in [0, 0.05) is 13.0 Å². The highest BCUT2D eigenvalue weighted by Crippen LogP contribution is 2.07. The molecule has 0 aliphatic heterocycles. The molecule has 1 rings (SSSR count). The number of halogens is 1. The van der Waals surface area contributed by atoms with Crippen LogP contribution in [0, 0.1) is 5.82 Å². The Morgan fingerprint density at radius 1 is 0.871 bits per heavy atom.